The number of benzene rings is 2. The summed E-state index contributed by atoms with van der Waals surface area (Å²) in [5, 5.41) is 19.7. The molecule has 0 radical (unpaired) electrons. The molecule has 20 heavy (non-hydrogen) atoms. The van der Waals surface area contributed by atoms with E-state index in [0.717, 1.165) is 0 Å². The molecule has 0 spiro atoms. The number of carbonyl (C=O) groups excluding carboxylic acids is 1. The van der Waals surface area contributed by atoms with Gasteiger partial charge in [0.25, 0.3) is 5.69 Å². The number of halogens is 2. The van der Waals surface area contributed by atoms with E-state index in [1.54, 1.807) is 0 Å². The predicted octanol–water partition coefficient (Wildman–Crippen LogP) is 3.84. The molecule has 2 aromatic carbocycles. The van der Waals surface area contributed by atoms with Crippen molar-refractivity contribution in [2.75, 3.05) is 0 Å². The van der Waals surface area contributed by atoms with Crippen LogP contribution in [0.4, 0.5) is 5.69 Å². The van der Waals surface area contributed by atoms with Crippen molar-refractivity contribution in [3.8, 4) is 5.75 Å². The first-order valence-corrected chi connectivity index (χ1v) is 6.13. The van der Waals surface area contributed by atoms with Gasteiger partial charge in [0.15, 0.2) is 5.78 Å². The fraction of sp³-hybridized carbons (Fsp3) is 0. The zero-order chi connectivity index (χ0) is 14.9. The smallest absolute Gasteiger partial charge is 0.269 e. The van der Waals surface area contributed by atoms with Crippen LogP contribution in [-0.2, 0) is 0 Å². The molecule has 5 nitrogen and oxygen atoms in total. The molecule has 2 aromatic rings. The van der Waals surface area contributed by atoms with E-state index in [4.69, 9.17) is 23.2 Å². The molecule has 0 heterocycles. The standard InChI is InChI=1S/C13H7Cl2NO4/c14-11-9(5-6-10(17)12(11)15)13(18)7-1-3-8(4-2-7)16(19)20/h1-6,17H. The Bertz CT molecular complexity index is 698. The number of phenols is 1. The molecule has 0 aliphatic heterocycles. The Morgan fingerprint density at radius 2 is 1.65 bits per heavy atom. The number of nitro benzene ring substituents is 1. The Labute approximate surface area is 123 Å². The van der Waals surface area contributed by atoms with Gasteiger partial charge >= 0.3 is 0 Å². The molecule has 0 aliphatic carbocycles. The normalized spacial score (nSPS) is 10.3. The molecule has 7 heteroatoms. The Kier molecular flexibility index (Phi) is 3.92. The molecule has 0 bridgehead atoms. The average molecular weight is 312 g/mol. The van der Waals surface area contributed by atoms with Gasteiger partial charge in [0.05, 0.1) is 9.95 Å². The zero-order valence-corrected chi connectivity index (χ0v) is 11.4. The lowest BCUT2D eigenvalue weighted by Gasteiger charge is -2.06. The summed E-state index contributed by atoms with van der Waals surface area (Å²) in [7, 11) is 0. The van der Waals surface area contributed by atoms with Crippen LogP contribution in [0.5, 0.6) is 5.75 Å². The number of rotatable bonds is 3. The maximum Gasteiger partial charge on any atom is 0.269 e. The molecule has 2 rings (SSSR count). The molecule has 0 saturated heterocycles. The van der Waals surface area contributed by atoms with Gasteiger partial charge in [-0.2, -0.15) is 0 Å². The van der Waals surface area contributed by atoms with Crippen molar-refractivity contribution in [1.82, 2.24) is 0 Å². The Balaban J connectivity index is 2.41. The Morgan fingerprint density at radius 3 is 2.20 bits per heavy atom. The fourth-order valence-corrected chi connectivity index (χ4v) is 2.02. The fourth-order valence-electron chi connectivity index (χ4n) is 1.60. The second kappa shape index (κ2) is 5.48. The van der Waals surface area contributed by atoms with Crippen molar-refractivity contribution < 1.29 is 14.8 Å². The SMILES string of the molecule is O=C(c1ccc([N+](=O)[O-])cc1)c1ccc(O)c(Cl)c1Cl. The van der Waals surface area contributed by atoms with Crippen LogP contribution in [0.1, 0.15) is 15.9 Å². The van der Waals surface area contributed by atoms with Crippen LogP contribution < -0.4 is 0 Å². The summed E-state index contributed by atoms with van der Waals surface area (Å²) in [5.74, 6) is -0.663. The number of nitro groups is 1. The van der Waals surface area contributed by atoms with Crippen LogP contribution in [0.15, 0.2) is 36.4 Å². The summed E-state index contributed by atoms with van der Waals surface area (Å²) in [6.07, 6.45) is 0. The van der Waals surface area contributed by atoms with Gasteiger partial charge in [-0.1, -0.05) is 23.2 Å². The summed E-state index contributed by atoms with van der Waals surface area (Å²) >= 11 is 11.7. The molecule has 102 valence electrons. The van der Waals surface area contributed by atoms with E-state index in [1.165, 1.54) is 36.4 Å². The predicted molar refractivity (Wildman–Crippen MR) is 74.7 cm³/mol. The molecule has 1 N–H and O–H groups in total. The Morgan fingerprint density at radius 1 is 1.05 bits per heavy atom. The van der Waals surface area contributed by atoms with Crippen LogP contribution in [-0.4, -0.2) is 15.8 Å². The third-order valence-electron chi connectivity index (χ3n) is 2.65. The summed E-state index contributed by atoms with van der Waals surface area (Å²) in [4.78, 5) is 22.2. The lowest BCUT2D eigenvalue weighted by Crippen LogP contribution is -2.02. The number of ketones is 1. The van der Waals surface area contributed by atoms with Crippen LogP contribution in [0.25, 0.3) is 0 Å². The van der Waals surface area contributed by atoms with E-state index in [0.29, 0.717) is 0 Å². The maximum atomic E-state index is 12.2. The van der Waals surface area contributed by atoms with E-state index in [-0.39, 0.29) is 32.6 Å². The minimum Gasteiger partial charge on any atom is -0.506 e. The molecule has 0 amide bonds. The highest BCUT2D eigenvalue weighted by Gasteiger charge is 2.17. The van der Waals surface area contributed by atoms with E-state index in [9.17, 15) is 20.0 Å². The first-order valence-electron chi connectivity index (χ1n) is 5.38. The highest BCUT2D eigenvalue weighted by atomic mass is 35.5. The maximum absolute atomic E-state index is 12.2. The average Bonchev–Trinajstić information content (AvgIpc) is 2.44. The van der Waals surface area contributed by atoms with Gasteiger partial charge in [-0.3, -0.25) is 14.9 Å². The number of hydrogen-bond donors (Lipinski definition) is 1. The van der Waals surface area contributed by atoms with Crippen molar-refractivity contribution in [3.63, 3.8) is 0 Å². The summed E-state index contributed by atoms with van der Waals surface area (Å²) in [5.41, 5.74) is 0.235. The van der Waals surface area contributed by atoms with Crippen molar-refractivity contribution in [3.05, 3.63) is 67.7 Å². The molecular weight excluding hydrogens is 305 g/mol. The van der Waals surface area contributed by atoms with Crippen LogP contribution in [0.3, 0.4) is 0 Å². The molecule has 0 saturated carbocycles. The first-order chi connectivity index (χ1) is 9.41. The van der Waals surface area contributed by atoms with Gasteiger partial charge in [-0.05, 0) is 24.3 Å². The van der Waals surface area contributed by atoms with Gasteiger partial charge in [-0.15, -0.1) is 0 Å². The molecular formula is C13H7Cl2NO4. The minimum absolute atomic E-state index is 0.0602. The summed E-state index contributed by atoms with van der Waals surface area (Å²) in [6, 6.07) is 7.71. The van der Waals surface area contributed by atoms with Crippen LogP contribution >= 0.6 is 23.2 Å². The minimum atomic E-state index is -0.557. The quantitative estimate of drug-likeness (QED) is 0.530. The van der Waals surface area contributed by atoms with Gasteiger partial charge in [0.2, 0.25) is 0 Å². The second-order valence-corrected chi connectivity index (χ2v) is 4.65. The first kappa shape index (κ1) is 14.3. The molecule has 0 atom stereocenters. The third-order valence-corrected chi connectivity index (χ3v) is 3.52. The van der Waals surface area contributed by atoms with Gasteiger partial charge < -0.3 is 5.11 Å². The van der Waals surface area contributed by atoms with E-state index in [2.05, 4.69) is 0 Å². The zero-order valence-electron chi connectivity index (χ0n) is 9.84. The largest absolute Gasteiger partial charge is 0.506 e. The topological polar surface area (TPSA) is 80.4 Å². The van der Waals surface area contributed by atoms with Gasteiger partial charge in [0.1, 0.15) is 10.8 Å². The van der Waals surface area contributed by atoms with Crippen molar-refractivity contribution in [1.29, 1.82) is 0 Å². The van der Waals surface area contributed by atoms with E-state index in [1.807, 2.05) is 0 Å². The highest BCUT2D eigenvalue weighted by Crippen LogP contribution is 2.34. The van der Waals surface area contributed by atoms with Crippen molar-refractivity contribution in [2.24, 2.45) is 0 Å². The lowest BCUT2D eigenvalue weighted by atomic mass is 10.0. The van der Waals surface area contributed by atoms with Crippen molar-refractivity contribution >= 4 is 34.7 Å². The lowest BCUT2D eigenvalue weighted by molar-refractivity contribution is -0.384. The van der Waals surface area contributed by atoms with Gasteiger partial charge in [0, 0.05) is 23.3 Å². The molecule has 0 aromatic heterocycles. The van der Waals surface area contributed by atoms with E-state index >= 15 is 0 Å². The second-order valence-electron chi connectivity index (χ2n) is 3.89. The third kappa shape index (κ3) is 2.59. The summed E-state index contributed by atoms with van der Waals surface area (Å²) in [6.45, 7) is 0. The van der Waals surface area contributed by atoms with E-state index < -0.39 is 10.7 Å². The van der Waals surface area contributed by atoms with Gasteiger partial charge in [-0.25, -0.2) is 0 Å². The number of aromatic hydroxyl groups is 1. The molecule has 0 unspecified atom stereocenters. The Hall–Kier alpha value is -2.11. The number of carbonyl (C=O) groups is 1. The number of phenolic OH excluding ortho intramolecular Hbond substituents is 1. The number of hydrogen-bond acceptors (Lipinski definition) is 4. The summed E-state index contributed by atoms with van der Waals surface area (Å²) < 4.78 is 0. The molecule has 0 fully saturated rings. The van der Waals surface area contributed by atoms with Crippen LogP contribution in [0, 0.1) is 10.1 Å². The number of non-ortho nitro benzene ring substituents is 1. The highest BCUT2D eigenvalue weighted by molar-refractivity contribution is 6.45. The number of nitrogens with zero attached hydrogens (tertiary/aromatic N) is 1. The van der Waals surface area contributed by atoms with Crippen molar-refractivity contribution in [2.45, 2.75) is 0 Å². The molecule has 0 aliphatic rings. The van der Waals surface area contributed by atoms with Crippen LogP contribution in [0.2, 0.25) is 10.0 Å². The monoisotopic (exact) mass is 311 g/mol.